The summed E-state index contributed by atoms with van der Waals surface area (Å²) in [5.74, 6) is -16.5. The number of fused-ring (bicyclic) bond motifs is 4. The highest BCUT2D eigenvalue weighted by Crippen LogP contribution is 2.34. The highest BCUT2D eigenvalue weighted by atomic mass is 16.2. The summed E-state index contributed by atoms with van der Waals surface area (Å²) >= 11 is 0. The van der Waals surface area contributed by atoms with Crippen LogP contribution in [0.5, 0.6) is 0 Å². The smallest absolute Gasteiger partial charge is 0.302 e. The summed E-state index contributed by atoms with van der Waals surface area (Å²) < 4.78 is 343. The number of nitrogens with one attached hydrogen (secondary N) is 4. The van der Waals surface area contributed by atoms with Gasteiger partial charge in [-0.25, -0.2) is 66.2 Å². The number of carbonyl (C=O) groups excluding carboxylic acids is 4. The van der Waals surface area contributed by atoms with Gasteiger partial charge in [0.05, 0.1) is 63.5 Å². The zero-order chi connectivity index (χ0) is 105. The second-order valence-electron chi connectivity index (χ2n) is 21.0. The second-order valence-corrected chi connectivity index (χ2v) is 21.0. The predicted molar refractivity (Wildman–Crippen MR) is 371 cm³/mol. The molecular formula is C68H88N24O4. The van der Waals surface area contributed by atoms with E-state index < -0.39 is 220 Å². The van der Waals surface area contributed by atoms with Crippen LogP contribution in [0.4, 0.5) is 23.3 Å². The van der Waals surface area contributed by atoms with Crippen LogP contribution >= 0.6 is 0 Å². The average molecular weight is 1350 g/mol. The lowest BCUT2D eigenvalue weighted by Crippen LogP contribution is -2.53. The van der Waals surface area contributed by atoms with Gasteiger partial charge < -0.3 is 78.5 Å². The van der Waals surface area contributed by atoms with Crippen molar-refractivity contribution in [1.82, 2.24) is 79.4 Å². The van der Waals surface area contributed by atoms with Gasteiger partial charge in [0.15, 0.2) is 0 Å². The molecule has 0 aliphatic carbocycles. The van der Waals surface area contributed by atoms with Crippen LogP contribution in [0.25, 0.3) is 63.5 Å². The molecule has 28 heteroatoms. The average Bonchev–Trinajstić information content (AvgIpc) is 0.702. The lowest BCUT2D eigenvalue weighted by Gasteiger charge is -2.41. The molecule has 12 heterocycles. The number of rotatable bonds is 12. The first-order valence-corrected chi connectivity index (χ1v) is 28.3. The molecule has 504 valence electrons. The molecule has 4 aliphatic heterocycles. The highest BCUT2D eigenvalue weighted by Gasteiger charge is 2.38. The number of amides is 4. The highest BCUT2D eigenvalue weighted by molar-refractivity contribution is 5.91. The molecule has 4 amide bonds. The fraction of sp³-hybridized carbons (Fsp3) is 0.529. The number of piperidine rings is 4. The lowest BCUT2D eigenvalue weighted by molar-refractivity contribution is -0.131. The van der Waals surface area contributed by atoms with Crippen LogP contribution in [0.2, 0.25) is 0 Å². The van der Waals surface area contributed by atoms with Crippen LogP contribution in [0.3, 0.4) is 0 Å². The minimum Gasteiger partial charge on any atom is -0.354 e. The molecule has 0 radical (unpaired) electrons. The number of aromatic amines is 4. The van der Waals surface area contributed by atoms with Crippen LogP contribution in [0.1, 0.15) is 132 Å². The molecule has 28 nitrogen and oxygen atoms in total. The summed E-state index contributed by atoms with van der Waals surface area (Å²) in [6.07, 6.45) is -15.2. The van der Waals surface area contributed by atoms with E-state index >= 15 is 0 Å². The minimum atomic E-state index is -3.72. The van der Waals surface area contributed by atoms with Gasteiger partial charge in [0.25, 0.3) is 26.2 Å². The van der Waals surface area contributed by atoms with Crippen molar-refractivity contribution in [2.75, 3.05) is 126 Å². The monoisotopic (exact) mass is 1350 g/mol. The van der Waals surface area contributed by atoms with Gasteiger partial charge in [0.1, 0.15) is 76.6 Å². The maximum Gasteiger partial charge on any atom is 0.302 e. The van der Waals surface area contributed by atoms with E-state index in [2.05, 4.69) is 79.2 Å². The zero-order valence-corrected chi connectivity index (χ0v) is 52.8. The first kappa shape index (κ1) is 33.8. The zero-order valence-electron chi connectivity index (χ0n) is 93.8. The number of H-pyrrole nitrogens is 4. The van der Waals surface area contributed by atoms with Gasteiger partial charge >= 0.3 is 23.6 Å². The minimum absolute atomic E-state index is 0.00842. The molecule has 96 heavy (non-hydrogen) atoms. The van der Waals surface area contributed by atoms with Gasteiger partial charge in [-0.2, -0.15) is 0 Å². The van der Waals surface area contributed by atoms with E-state index in [4.69, 9.17) is 82.5 Å². The topological polar surface area (TPSA) is 278 Å². The largest absolute Gasteiger partial charge is 0.354 e. The Balaban J connectivity index is 0.000000205. The van der Waals surface area contributed by atoms with Crippen molar-refractivity contribution in [1.29, 1.82) is 0 Å². The number of anilines is 4. The molecule has 4 fully saturated rings. The van der Waals surface area contributed by atoms with Crippen LogP contribution < -0.4 is 19.6 Å². The Bertz CT molecular complexity index is 6330. The second kappa shape index (κ2) is 31.2. The quantitative estimate of drug-likeness (QED) is 0.0865. The third-order valence-electron chi connectivity index (χ3n) is 14.1. The fourth-order valence-corrected chi connectivity index (χ4v) is 9.47. The summed E-state index contributed by atoms with van der Waals surface area (Å²) in [5.41, 5.74) is 1.58. The van der Waals surface area contributed by atoms with Crippen molar-refractivity contribution in [3.63, 3.8) is 0 Å². The third kappa shape index (κ3) is 15.8. The van der Waals surface area contributed by atoms with Crippen molar-refractivity contribution < 1.29 is 75.4 Å². The van der Waals surface area contributed by atoms with E-state index in [0.717, 1.165) is 40.5 Å². The van der Waals surface area contributed by atoms with Crippen molar-refractivity contribution in [3.05, 3.63) is 118 Å². The number of likely N-dealkylation sites (tertiary alicyclic amines) is 4. The summed E-state index contributed by atoms with van der Waals surface area (Å²) in [6.45, 7) is -0.992. The number of likely N-dealkylation sites (N-methyl/N-ethyl adjacent to an activating group) is 4. The van der Waals surface area contributed by atoms with Gasteiger partial charge in [-0.05, 0) is 101 Å². The Kier molecular flexibility index (Phi) is 11.0. The SMILES string of the molecule is [2H]c1nc(N(C)[C@@H]2[C@H](C([2H])([2H])[2H])C([2H])([2H])C([2H])([2H])N(C(=O)C[N+]#[C-])C2([2H])[2H])c2c([2H])c(C)[nH]c2n1.[2H]c1nc(N(C)[C@H]2C([2H])([2H])N(C(=O)C[N+]#[C-])C([2H])([2H])C([2H])([2H])[C@@]2([2H])C([2H])([2H])[2H])c2c([2H])c(C)[nH]c2n1.[2H]c1nc(N(C)[C@H]2C([2H])([2H])N(C(=O)C[N+]#[C-])C([2H])([2H])C([2H])([2H])[C@@]2([2H])C)c2c([2H])c(C)[nH]c2n1.[2H]c1nc(N(C)[C@]2([2H])[C@H](C)C([2H])([2H])C([2H])([2H])N(C(=O)C[N+]#[C-])C2([2H])[2H])c2c([2H])c(C)[nH]c2n1. The normalized spacial score (nSPS) is 35.9. The summed E-state index contributed by atoms with van der Waals surface area (Å²) in [7, 11) is 4.69. The Morgan fingerprint density at radius 2 is 0.771 bits per heavy atom. The Hall–Kier alpha value is -10.5. The van der Waals surface area contributed by atoms with E-state index in [1.165, 1.54) is 28.1 Å². The molecule has 0 spiro atoms. The van der Waals surface area contributed by atoms with Crippen molar-refractivity contribution in [3.8, 4) is 0 Å². The number of nitrogens with zero attached hydrogens (tertiary/aromatic N) is 20. The lowest BCUT2D eigenvalue weighted by atomic mass is 9.92. The van der Waals surface area contributed by atoms with E-state index in [-0.39, 0.29) is 111 Å². The fourth-order valence-electron chi connectivity index (χ4n) is 9.47. The van der Waals surface area contributed by atoms with Crippen LogP contribution in [0, 0.1) is 77.6 Å². The standard InChI is InChI=1S/4C17H22N6O/c4*1-11-5-6-23(15(24)8-18-3)9-14(11)22(4)17-13-7-12(2)21-16(13)19-10-20-17/h4*7,10-11,14H,5-6,8-9H2,1-2,4H3,(H,19,20,21)/t4*11-,14+/m1111/s1/i1D3,5D2,6D2,7D,9D2,10D,11D;5D2,6D2,7D,9D2,10D,14D;5D2,6D2,7D,9D2,10D,11D;1D3,5D2,6D2,7D,9D2,10D. The van der Waals surface area contributed by atoms with Crippen LogP contribution in [-0.2, 0) is 19.2 Å². The van der Waals surface area contributed by atoms with Gasteiger partial charge in [-0.3, -0.25) is 19.2 Å². The molecule has 0 bridgehead atoms. The van der Waals surface area contributed by atoms with E-state index in [1.54, 1.807) is 20.8 Å². The molecule has 0 saturated carbocycles. The van der Waals surface area contributed by atoms with Crippen LogP contribution in [-0.4, -0.2) is 234 Å². The predicted octanol–water partition coefficient (Wildman–Crippen LogP) is 7.44. The van der Waals surface area contributed by atoms with E-state index in [9.17, 15) is 19.2 Å². The van der Waals surface area contributed by atoms with Crippen molar-refractivity contribution >= 4 is 91.0 Å². The van der Waals surface area contributed by atoms with Gasteiger partial charge in [-0.15, -0.1) is 0 Å². The summed E-state index contributed by atoms with van der Waals surface area (Å²) in [4.78, 5) is 108. The van der Waals surface area contributed by atoms with Gasteiger partial charge in [-0.1, -0.05) is 27.6 Å². The molecule has 8 atom stereocenters. The van der Waals surface area contributed by atoms with E-state index in [0.29, 0.717) is 17.1 Å². The molecule has 0 unspecified atom stereocenters. The van der Waals surface area contributed by atoms with Crippen LogP contribution in [0.15, 0.2) is 49.4 Å². The Morgan fingerprint density at radius 3 is 1.12 bits per heavy atom. The first-order valence-electron chi connectivity index (χ1n) is 48.8. The molecule has 8 aromatic rings. The molecular weight excluding hydrogens is 1220 g/mol. The molecule has 8 aromatic heterocycles. The number of aromatic nitrogens is 12. The van der Waals surface area contributed by atoms with Crippen molar-refractivity contribution in [2.24, 2.45) is 23.6 Å². The third-order valence-corrected chi connectivity index (χ3v) is 14.1. The van der Waals surface area contributed by atoms with Gasteiger partial charge in [0.2, 0.25) is 0 Å². The van der Waals surface area contributed by atoms with Gasteiger partial charge in [0, 0.05) is 136 Å². The molecule has 4 saturated heterocycles. The Morgan fingerprint density at radius 1 is 0.469 bits per heavy atom. The Labute approximate surface area is 618 Å². The maximum absolute atomic E-state index is 12.8. The molecule has 4 aliphatic rings. The summed E-state index contributed by atoms with van der Waals surface area (Å²) in [6, 6.07) is -9.51. The number of hydrogen-bond acceptors (Lipinski definition) is 16. The van der Waals surface area contributed by atoms with E-state index in [1.807, 2.05) is 0 Å². The summed E-state index contributed by atoms with van der Waals surface area (Å²) in [5, 5.41) is 0.0942. The molecule has 0 aromatic carbocycles. The van der Waals surface area contributed by atoms with Crippen molar-refractivity contribution in [2.45, 2.75) is 105 Å². The number of aryl methyl sites for hydroxylation is 4. The first-order chi connectivity index (χ1) is 61.9. The molecule has 4 N–H and O–H groups in total. The molecule has 12 rings (SSSR count). The number of hydrogen-bond donors (Lipinski definition) is 4. The maximum atomic E-state index is 12.8. The number of carbonyl (C=O) groups is 4.